The summed E-state index contributed by atoms with van der Waals surface area (Å²) in [6, 6.07) is 6.48. The molecule has 0 N–H and O–H groups in total. The summed E-state index contributed by atoms with van der Waals surface area (Å²) in [6.45, 7) is 13.6. The summed E-state index contributed by atoms with van der Waals surface area (Å²) in [4.78, 5) is 26.4. The number of piperazine rings is 1. The molecule has 0 saturated carbocycles. The lowest BCUT2D eigenvalue weighted by molar-refractivity contribution is -0.0255. The number of urea groups is 1. The number of carbonyl (C=O) groups excluding carboxylic acids is 1. The standard InChI is InChI=1S/C21H35N5O/c1-5-25(6-2)20(27)26-12-10-21(11-13-26)17-24(15-14-23(21)4)16-19-9-7-8-18(3)22-19/h7-9H,5-6,10-17H2,1-4H3. The van der Waals surface area contributed by atoms with Crippen LogP contribution in [0.3, 0.4) is 0 Å². The van der Waals surface area contributed by atoms with Gasteiger partial charge in [0, 0.05) is 63.6 Å². The fraction of sp³-hybridized carbons (Fsp3) is 0.714. The van der Waals surface area contributed by atoms with E-state index in [2.05, 4.69) is 60.8 Å². The van der Waals surface area contributed by atoms with Crippen LogP contribution in [0.5, 0.6) is 0 Å². The molecule has 0 radical (unpaired) electrons. The van der Waals surface area contributed by atoms with Crippen LogP contribution in [0.2, 0.25) is 0 Å². The van der Waals surface area contributed by atoms with Crippen molar-refractivity contribution in [3.8, 4) is 0 Å². The summed E-state index contributed by atoms with van der Waals surface area (Å²) < 4.78 is 0. The monoisotopic (exact) mass is 373 g/mol. The fourth-order valence-electron chi connectivity index (χ4n) is 4.54. The minimum absolute atomic E-state index is 0.183. The minimum atomic E-state index is 0.183. The van der Waals surface area contributed by atoms with Gasteiger partial charge in [-0.15, -0.1) is 0 Å². The normalized spacial score (nSPS) is 20.8. The molecule has 6 nitrogen and oxygen atoms in total. The Labute approximate surface area is 164 Å². The molecule has 1 aromatic heterocycles. The minimum Gasteiger partial charge on any atom is -0.325 e. The van der Waals surface area contributed by atoms with Crippen molar-refractivity contribution < 1.29 is 4.79 Å². The van der Waals surface area contributed by atoms with Gasteiger partial charge in [-0.1, -0.05) is 6.07 Å². The lowest BCUT2D eigenvalue weighted by Gasteiger charge is -2.53. The van der Waals surface area contributed by atoms with Crippen molar-refractivity contribution in [1.82, 2.24) is 24.6 Å². The van der Waals surface area contributed by atoms with Crippen LogP contribution in [0, 0.1) is 6.92 Å². The van der Waals surface area contributed by atoms with Crippen LogP contribution in [0.25, 0.3) is 0 Å². The number of hydrogen-bond donors (Lipinski definition) is 0. The molecule has 0 aromatic carbocycles. The second kappa shape index (κ2) is 8.57. The SMILES string of the molecule is CCN(CC)C(=O)N1CCC2(CC1)CN(Cc1cccc(C)n1)CCN2C. The molecule has 3 heterocycles. The largest absolute Gasteiger partial charge is 0.325 e. The van der Waals surface area contributed by atoms with E-state index in [9.17, 15) is 4.79 Å². The number of aryl methyl sites for hydroxylation is 1. The molecule has 2 fully saturated rings. The van der Waals surface area contributed by atoms with Crippen LogP contribution in [-0.4, -0.2) is 89.0 Å². The van der Waals surface area contributed by atoms with E-state index in [1.807, 2.05) is 9.80 Å². The molecular weight excluding hydrogens is 338 g/mol. The van der Waals surface area contributed by atoms with Gasteiger partial charge in [0.25, 0.3) is 0 Å². The summed E-state index contributed by atoms with van der Waals surface area (Å²) >= 11 is 0. The molecule has 2 aliphatic rings. The zero-order chi connectivity index (χ0) is 19.4. The zero-order valence-corrected chi connectivity index (χ0v) is 17.4. The van der Waals surface area contributed by atoms with Crippen LogP contribution in [0.1, 0.15) is 38.1 Å². The summed E-state index contributed by atoms with van der Waals surface area (Å²) in [5, 5.41) is 0. The number of nitrogens with zero attached hydrogens (tertiary/aromatic N) is 5. The van der Waals surface area contributed by atoms with Crippen molar-refractivity contribution in [1.29, 1.82) is 0 Å². The average Bonchev–Trinajstić information content (AvgIpc) is 2.66. The highest BCUT2D eigenvalue weighted by atomic mass is 16.2. The van der Waals surface area contributed by atoms with E-state index in [1.54, 1.807) is 0 Å². The van der Waals surface area contributed by atoms with Crippen molar-refractivity contribution in [2.75, 3.05) is 52.9 Å². The lowest BCUT2D eigenvalue weighted by Crippen LogP contribution is -2.65. The first-order valence-electron chi connectivity index (χ1n) is 10.4. The van der Waals surface area contributed by atoms with Gasteiger partial charge in [0.2, 0.25) is 0 Å². The van der Waals surface area contributed by atoms with Crippen molar-refractivity contribution in [3.63, 3.8) is 0 Å². The summed E-state index contributed by atoms with van der Waals surface area (Å²) in [5.74, 6) is 0. The molecule has 2 aliphatic heterocycles. The molecule has 0 atom stereocenters. The summed E-state index contributed by atoms with van der Waals surface area (Å²) in [6.07, 6.45) is 2.10. The van der Waals surface area contributed by atoms with Crippen LogP contribution in [0.4, 0.5) is 4.79 Å². The van der Waals surface area contributed by atoms with Gasteiger partial charge in [-0.05, 0) is 52.8 Å². The van der Waals surface area contributed by atoms with E-state index in [1.165, 1.54) is 0 Å². The van der Waals surface area contributed by atoms with E-state index < -0.39 is 0 Å². The number of likely N-dealkylation sites (tertiary alicyclic amines) is 1. The molecule has 6 heteroatoms. The van der Waals surface area contributed by atoms with E-state index in [0.717, 1.165) is 76.6 Å². The number of piperidine rings is 1. The van der Waals surface area contributed by atoms with Gasteiger partial charge in [-0.3, -0.25) is 14.8 Å². The van der Waals surface area contributed by atoms with Crippen LogP contribution >= 0.6 is 0 Å². The predicted octanol–water partition coefficient (Wildman–Crippen LogP) is 2.43. The Balaban J connectivity index is 1.62. The maximum absolute atomic E-state index is 12.7. The smallest absolute Gasteiger partial charge is 0.319 e. The zero-order valence-electron chi connectivity index (χ0n) is 17.4. The maximum Gasteiger partial charge on any atom is 0.319 e. The Hall–Kier alpha value is -1.66. The highest BCUT2D eigenvalue weighted by Gasteiger charge is 2.43. The van der Waals surface area contributed by atoms with Crippen molar-refractivity contribution in [2.24, 2.45) is 0 Å². The first kappa shape index (κ1) is 20.1. The van der Waals surface area contributed by atoms with Crippen molar-refractivity contribution in [2.45, 2.75) is 45.7 Å². The average molecular weight is 374 g/mol. The number of aromatic nitrogens is 1. The first-order chi connectivity index (χ1) is 13.0. The lowest BCUT2D eigenvalue weighted by atomic mass is 9.83. The third kappa shape index (κ3) is 4.43. The van der Waals surface area contributed by atoms with Gasteiger partial charge >= 0.3 is 6.03 Å². The number of carbonyl (C=O) groups is 1. The van der Waals surface area contributed by atoms with E-state index >= 15 is 0 Å². The highest BCUT2D eigenvalue weighted by Crippen LogP contribution is 2.32. The van der Waals surface area contributed by atoms with Gasteiger partial charge in [0.1, 0.15) is 0 Å². The quantitative estimate of drug-likeness (QED) is 0.813. The topological polar surface area (TPSA) is 42.9 Å². The number of likely N-dealkylation sites (N-methyl/N-ethyl adjacent to an activating group) is 1. The maximum atomic E-state index is 12.7. The first-order valence-corrected chi connectivity index (χ1v) is 10.4. The van der Waals surface area contributed by atoms with E-state index in [-0.39, 0.29) is 11.6 Å². The highest BCUT2D eigenvalue weighted by molar-refractivity contribution is 5.74. The number of amides is 2. The van der Waals surface area contributed by atoms with E-state index in [0.29, 0.717) is 0 Å². The molecule has 2 saturated heterocycles. The second-order valence-electron chi connectivity index (χ2n) is 8.07. The molecule has 0 aliphatic carbocycles. The molecule has 1 aromatic rings. The van der Waals surface area contributed by atoms with Crippen LogP contribution in [0.15, 0.2) is 18.2 Å². The number of rotatable bonds is 4. The molecule has 2 amide bonds. The predicted molar refractivity (Wildman–Crippen MR) is 109 cm³/mol. The van der Waals surface area contributed by atoms with Gasteiger partial charge in [0.05, 0.1) is 5.69 Å². The summed E-state index contributed by atoms with van der Waals surface area (Å²) in [7, 11) is 2.25. The molecular formula is C21H35N5O. The molecule has 3 rings (SSSR count). The Morgan fingerprint density at radius 3 is 2.48 bits per heavy atom. The van der Waals surface area contributed by atoms with Crippen molar-refractivity contribution in [3.05, 3.63) is 29.6 Å². The second-order valence-corrected chi connectivity index (χ2v) is 8.07. The molecule has 0 bridgehead atoms. The Morgan fingerprint density at radius 2 is 1.85 bits per heavy atom. The van der Waals surface area contributed by atoms with Gasteiger partial charge in [0.15, 0.2) is 0 Å². The fourth-order valence-corrected chi connectivity index (χ4v) is 4.54. The number of pyridine rings is 1. The third-order valence-corrected chi connectivity index (χ3v) is 6.41. The Bertz CT molecular complexity index is 637. The summed E-state index contributed by atoms with van der Waals surface area (Å²) in [5.41, 5.74) is 2.42. The van der Waals surface area contributed by atoms with E-state index in [4.69, 9.17) is 0 Å². The van der Waals surface area contributed by atoms with Gasteiger partial charge in [-0.2, -0.15) is 0 Å². The number of hydrogen-bond acceptors (Lipinski definition) is 4. The molecule has 150 valence electrons. The van der Waals surface area contributed by atoms with Crippen molar-refractivity contribution >= 4 is 6.03 Å². The molecule has 0 unspecified atom stereocenters. The van der Waals surface area contributed by atoms with Crippen LogP contribution < -0.4 is 0 Å². The third-order valence-electron chi connectivity index (χ3n) is 6.41. The Kier molecular flexibility index (Phi) is 6.37. The Morgan fingerprint density at radius 1 is 1.15 bits per heavy atom. The van der Waals surface area contributed by atoms with Gasteiger partial charge < -0.3 is 9.80 Å². The molecule has 27 heavy (non-hydrogen) atoms. The van der Waals surface area contributed by atoms with Gasteiger partial charge in [-0.25, -0.2) is 4.79 Å². The van der Waals surface area contributed by atoms with Crippen LogP contribution in [-0.2, 0) is 6.54 Å². The molecule has 1 spiro atoms.